The van der Waals surface area contributed by atoms with Crippen molar-refractivity contribution in [3.63, 3.8) is 0 Å². The number of hydrogen-bond acceptors (Lipinski definition) is 11. The highest BCUT2D eigenvalue weighted by Crippen LogP contribution is 2.38. The Hall–Kier alpha value is -5.20. The Bertz CT molecular complexity index is 1490. The largest absolute Gasteiger partial charge is 0.462 e. The molecule has 0 saturated carbocycles. The average Bonchev–Trinajstić information content (AvgIpc) is 3.44. The molecule has 4 rings (SSSR count). The third-order valence-corrected chi connectivity index (χ3v) is 5.25. The van der Waals surface area contributed by atoms with Crippen molar-refractivity contribution in [1.82, 2.24) is 30.5 Å². The quantitative estimate of drug-likeness (QED) is 0.301. The second kappa shape index (κ2) is 12.4. The van der Waals surface area contributed by atoms with Gasteiger partial charge in [0.1, 0.15) is 11.4 Å². The number of hydrogen-bond donors (Lipinski definition) is 2. The van der Waals surface area contributed by atoms with E-state index in [1.807, 2.05) is 0 Å². The van der Waals surface area contributed by atoms with E-state index in [0.29, 0.717) is 23.2 Å². The highest BCUT2D eigenvalue weighted by atomic mass is 16.5. The van der Waals surface area contributed by atoms with Gasteiger partial charge < -0.3 is 19.2 Å². The molecule has 0 fully saturated rings. The molecule has 4 aromatic heterocycles. The van der Waals surface area contributed by atoms with Crippen LogP contribution in [0, 0.1) is 0 Å². The molecule has 0 aliphatic carbocycles. The number of aromatic nitrogens is 5. The van der Waals surface area contributed by atoms with Crippen LogP contribution in [0.1, 0.15) is 41.5 Å². The lowest BCUT2D eigenvalue weighted by Gasteiger charge is -2.16. The molecule has 200 valence electrons. The molecular formula is C26H25N7O6. The molecule has 4 aromatic rings. The van der Waals surface area contributed by atoms with Crippen molar-refractivity contribution in [3.05, 3.63) is 60.3 Å². The van der Waals surface area contributed by atoms with Gasteiger partial charge in [0, 0.05) is 54.2 Å². The van der Waals surface area contributed by atoms with Crippen molar-refractivity contribution < 1.29 is 28.3 Å². The summed E-state index contributed by atoms with van der Waals surface area (Å²) in [7, 11) is 0. The van der Waals surface area contributed by atoms with Crippen LogP contribution >= 0.6 is 0 Å². The van der Waals surface area contributed by atoms with Gasteiger partial charge >= 0.3 is 18.0 Å². The molecule has 4 heterocycles. The maximum absolute atomic E-state index is 13.3. The van der Waals surface area contributed by atoms with E-state index in [0.717, 1.165) is 0 Å². The summed E-state index contributed by atoms with van der Waals surface area (Å²) < 4.78 is 16.4. The Balaban J connectivity index is 1.96. The van der Waals surface area contributed by atoms with Crippen LogP contribution in [-0.2, 0) is 9.47 Å². The molecule has 0 aliphatic rings. The van der Waals surface area contributed by atoms with Gasteiger partial charge in [-0.15, -0.1) is 10.2 Å². The zero-order chi connectivity index (χ0) is 27.8. The van der Waals surface area contributed by atoms with Crippen LogP contribution in [0.4, 0.5) is 10.6 Å². The Morgan fingerprint density at radius 2 is 1.59 bits per heavy atom. The van der Waals surface area contributed by atoms with Gasteiger partial charge in [0.2, 0.25) is 11.8 Å². The molecule has 39 heavy (non-hydrogen) atoms. The minimum Gasteiger partial charge on any atom is -0.462 e. The number of nitrogens with zero attached hydrogens (tertiary/aromatic N) is 5. The van der Waals surface area contributed by atoms with E-state index in [1.54, 1.807) is 45.3 Å². The summed E-state index contributed by atoms with van der Waals surface area (Å²) in [5.74, 6) is -1.33. The van der Waals surface area contributed by atoms with E-state index in [2.05, 4.69) is 35.8 Å². The Labute approximate surface area is 223 Å². The van der Waals surface area contributed by atoms with Crippen LogP contribution < -0.4 is 10.6 Å². The Kier molecular flexibility index (Phi) is 8.51. The van der Waals surface area contributed by atoms with Crippen LogP contribution in [0.3, 0.4) is 0 Å². The molecule has 0 aliphatic heterocycles. The van der Waals surface area contributed by atoms with Crippen LogP contribution in [-0.4, -0.2) is 62.9 Å². The van der Waals surface area contributed by atoms with Crippen LogP contribution in [0.15, 0.2) is 53.6 Å². The summed E-state index contributed by atoms with van der Waals surface area (Å²) in [5, 5.41) is 13.5. The van der Waals surface area contributed by atoms with Crippen LogP contribution in [0.5, 0.6) is 0 Å². The van der Waals surface area contributed by atoms with Gasteiger partial charge in [-0.2, -0.15) is 0 Å². The van der Waals surface area contributed by atoms with Gasteiger partial charge in [-0.25, -0.2) is 19.4 Å². The van der Waals surface area contributed by atoms with Crippen molar-refractivity contribution in [2.75, 3.05) is 25.1 Å². The maximum atomic E-state index is 13.3. The van der Waals surface area contributed by atoms with Crippen molar-refractivity contribution in [2.45, 2.75) is 20.8 Å². The minimum atomic E-state index is -0.785. The zero-order valence-electron chi connectivity index (χ0n) is 21.4. The number of rotatable bonds is 9. The topological polar surface area (TPSA) is 171 Å². The molecule has 0 saturated heterocycles. The molecule has 13 nitrogen and oxygen atoms in total. The summed E-state index contributed by atoms with van der Waals surface area (Å²) in [6.07, 6.45) is 7.39. The first-order valence-corrected chi connectivity index (χ1v) is 12.1. The first-order valence-electron chi connectivity index (χ1n) is 12.1. The number of amides is 2. The number of anilines is 1. The van der Waals surface area contributed by atoms with E-state index in [1.165, 1.54) is 24.7 Å². The maximum Gasteiger partial charge on any atom is 0.342 e. The van der Waals surface area contributed by atoms with Gasteiger partial charge in [-0.05, 0) is 39.0 Å². The predicted molar refractivity (Wildman–Crippen MR) is 139 cm³/mol. The molecule has 2 amide bonds. The van der Waals surface area contributed by atoms with Gasteiger partial charge in [-0.3, -0.25) is 15.3 Å². The second-order valence-corrected chi connectivity index (χ2v) is 7.81. The van der Waals surface area contributed by atoms with Gasteiger partial charge in [0.25, 0.3) is 0 Å². The number of carbonyl (C=O) groups is 3. The number of ether oxygens (including phenoxy) is 2. The number of esters is 2. The van der Waals surface area contributed by atoms with Gasteiger partial charge in [0.05, 0.1) is 24.3 Å². The number of pyridine rings is 3. The Morgan fingerprint density at radius 1 is 0.872 bits per heavy atom. The standard InChI is InChI=1S/C26H25N7O6/c1-4-29-26(36)31-21-20(25(35)38-6-3)19(23-33-32-22(39-23)15-7-9-27-10-8-15)18(14-30-21)16-11-17(13-28-12-16)24(34)37-5-2/h7-14H,4-6H2,1-3H3,(H2,29,30,31,36). The molecular weight excluding hydrogens is 506 g/mol. The van der Waals surface area contributed by atoms with E-state index in [9.17, 15) is 14.4 Å². The van der Waals surface area contributed by atoms with Crippen LogP contribution in [0.25, 0.3) is 34.0 Å². The van der Waals surface area contributed by atoms with Crippen molar-refractivity contribution >= 4 is 23.8 Å². The third kappa shape index (κ3) is 6.04. The summed E-state index contributed by atoms with van der Waals surface area (Å²) >= 11 is 0. The van der Waals surface area contributed by atoms with Crippen molar-refractivity contribution in [1.29, 1.82) is 0 Å². The van der Waals surface area contributed by atoms with Gasteiger partial charge in [-0.1, -0.05) is 0 Å². The SMILES string of the molecule is CCNC(=O)Nc1ncc(-c2cncc(C(=O)OCC)c2)c(-c2nnc(-c3ccncc3)o2)c1C(=O)OCC. The average molecular weight is 532 g/mol. The van der Waals surface area contributed by atoms with E-state index >= 15 is 0 Å². The van der Waals surface area contributed by atoms with E-state index in [4.69, 9.17) is 13.9 Å². The molecule has 0 bridgehead atoms. The molecule has 0 aromatic carbocycles. The molecule has 0 radical (unpaired) electrons. The molecule has 13 heteroatoms. The van der Waals surface area contributed by atoms with Gasteiger partial charge in [0.15, 0.2) is 0 Å². The smallest absolute Gasteiger partial charge is 0.342 e. The summed E-state index contributed by atoms with van der Waals surface area (Å²) in [6.45, 7) is 5.66. The monoisotopic (exact) mass is 531 g/mol. The molecule has 0 spiro atoms. The van der Waals surface area contributed by atoms with Crippen molar-refractivity contribution in [2.24, 2.45) is 0 Å². The van der Waals surface area contributed by atoms with Crippen LogP contribution in [0.2, 0.25) is 0 Å². The minimum absolute atomic E-state index is 0.0507. The summed E-state index contributed by atoms with van der Waals surface area (Å²) in [5.41, 5.74) is 1.53. The zero-order valence-corrected chi connectivity index (χ0v) is 21.4. The number of carbonyl (C=O) groups excluding carboxylic acids is 3. The van der Waals surface area contributed by atoms with E-state index < -0.39 is 18.0 Å². The third-order valence-electron chi connectivity index (χ3n) is 5.25. The first kappa shape index (κ1) is 26.9. The summed E-state index contributed by atoms with van der Waals surface area (Å²) in [6, 6.07) is 4.33. The lowest BCUT2D eigenvalue weighted by molar-refractivity contribution is 0.0517. The molecule has 2 N–H and O–H groups in total. The fraction of sp³-hybridized carbons (Fsp3) is 0.231. The first-order chi connectivity index (χ1) is 19.0. The number of urea groups is 1. The lowest BCUT2D eigenvalue weighted by atomic mass is 9.97. The predicted octanol–water partition coefficient (Wildman–Crippen LogP) is 3.75. The Morgan fingerprint density at radius 3 is 2.31 bits per heavy atom. The highest BCUT2D eigenvalue weighted by molar-refractivity contribution is 6.07. The fourth-order valence-corrected chi connectivity index (χ4v) is 3.61. The fourth-order valence-electron chi connectivity index (χ4n) is 3.61. The van der Waals surface area contributed by atoms with E-state index in [-0.39, 0.29) is 47.5 Å². The lowest BCUT2D eigenvalue weighted by Crippen LogP contribution is -2.29. The second-order valence-electron chi connectivity index (χ2n) is 7.81. The number of nitrogens with one attached hydrogen (secondary N) is 2. The normalized spacial score (nSPS) is 10.5. The highest BCUT2D eigenvalue weighted by Gasteiger charge is 2.29. The van der Waals surface area contributed by atoms with Crippen molar-refractivity contribution in [3.8, 4) is 34.0 Å². The summed E-state index contributed by atoms with van der Waals surface area (Å²) in [4.78, 5) is 50.5. The molecule has 0 unspecified atom stereocenters. The molecule has 0 atom stereocenters.